The zero-order chi connectivity index (χ0) is 12.7. The Labute approximate surface area is 108 Å². The summed E-state index contributed by atoms with van der Waals surface area (Å²) < 4.78 is 0. The second-order valence-corrected chi connectivity index (χ2v) is 5.68. The van der Waals surface area contributed by atoms with E-state index in [1.54, 1.807) is 0 Å². The van der Waals surface area contributed by atoms with Crippen LogP contribution >= 0.6 is 0 Å². The highest BCUT2D eigenvalue weighted by atomic mass is 15.2. The fraction of sp³-hybridized carbons (Fsp3) is 1.00. The van der Waals surface area contributed by atoms with E-state index in [-0.39, 0.29) is 5.54 Å². The molecule has 2 heteroatoms. The Morgan fingerprint density at radius 3 is 2.06 bits per heavy atom. The Morgan fingerprint density at radius 2 is 1.65 bits per heavy atom. The molecule has 0 aromatic rings. The average molecular weight is 240 g/mol. The topological polar surface area (TPSA) is 29.3 Å². The van der Waals surface area contributed by atoms with Gasteiger partial charge in [-0.3, -0.25) is 4.90 Å². The lowest BCUT2D eigenvalue weighted by atomic mass is 9.85. The van der Waals surface area contributed by atoms with Crippen molar-refractivity contribution < 1.29 is 0 Å². The summed E-state index contributed by atoms with van der Waals surface area (Å²) in [4.78, 5) is 2.67. The van der Waals surface area contributed by atoms with Crippen molar-refractivity contribution in [3.63, 3.8) is 0 Å². The van der Waals surface area contributed by atoms with Crippen molar-refractivity contribution in [3.8, 4) is 0 Å². The molecule has 0 amide bonds. The number of likely N-dealkylation sites (N-methyl/N-ethyl adjacent to an activating group) is 1. The van der Waals surface area contributed by atoms with E-state index in [4.69, 9.17) is 5.73 Å². The van der Waals surface area contributed by atoms with Gasteiger partial charge in [0.1, 0.15) is 0 Å². The fourth-order valence-corrected chi connectivity index (χ4v) is 3.45. The second kappa shape index (κ2) is 7.38. The zero-order valence-electron chi connectivity index (χ0n) is 12.2. The second-order valence-electron chi connectivity index (χ2n) is 5.68. The number of nitrogens with zero attached hydrogens (tertiary/aromatic N) is 1. The Balaban J connectivity index is 2.61. The van der Waals surface area contributed by atoms with E-state index >= 15 is 0 Å². The summed E-state index contributed by atoms with van der Waals surface area (Å²) in [5.41, 5.74) is 6.32. The molecule has 0 heterocycles. The van der Waals surface area contributed by atoms with Crippen LogP contribution in [0.5, 0.6) is 0 Å². The van der Waals surface area contributed by atoms with E-state index in [0.29, 0.717) is 0 Å². The number of nitrogens with two attached hydrogens (primary N) is 1. The van der Waals surface area contributed by atoms with Gasteiger partial charge >= 0.3 is 0 Å². The average Bonchev–Trinajstić information content (AvgIpc) is 2.41. The van der Waals surface area contributed by atoms with E-state index in [1.807, 2.05) is 0 Å². The van der Waals surface area contributed by atoms with Crippen molar-refractivity contribution in [1.82, 2.24) is 4.90 Å². The van der Waals surface area contributed by atoms with E-state index in [9.17, 15) is 0 Å². The first-order valence-corrected chi connectivity index (χ1v) is 7.67. The molecule has 0 radical (unpaired) electrons. The van der Waals surface area contributed by atoms with Gasteiger partial charge in [-0.05, 0) is 38.1 Å². The maximum absolute atomic E-state index is 6.07. The molecule has 0 bridgehead atoms. The summed E-state index contributed by atoms with van der Waals surface area (Å²) in [5, 5.41) is 0. The van der Waals surface area contributed by atoms with Crippen molar-refractivity contribution in [1.29, 1.82) is 0 Å². The van der Waals surface area contributed by atoms with Crippen LogP contribution in [-0.2, 0) is 0 Å². The first kappa shape index (κ1) is 15.0. The van der Waals surface area contributed by atoms with Gasteiger partial charge in [-0.2, -0.15) is 0 Å². The molecule has 0 aliphatic heterocycles. The number of hydrogen-bond acceptors (Lipinski definition) is 2. The summed E-state index contributed by atoms with van der Waals surface area (Å²) in [6.07, 6.45) is 9.56. The first-order valence-electron chi connectivity index (χ1n) is 7.67. The Bertz CT molecular complexity index is 185. The van der Waals surface area contributed by atoms with E-state index < -0.39 is 0 Å². The van der Waals surface area contributed by atoms with Crippen LogP contribution in [0.25, 0.3) is 0 Å². The van der Waals surface area contributed by atoms with Crippen LogP contribution in [0.15, 0.2) is 0 Å². The molecule has 0 spiro atoms. The monoisotopic (exact) mass is 240 g/mol. The minimum absolute atomic E-state index is 0.256. The van der Waals surface area contributed by atoms with E-state index in [2.05, 4.69) is 25.7 Å². The molecule has 1 saturated carbocycles. The molecule has 0 unspecified atom stereocenters. The standard InChI is InChI=1S/C15H32N2/c1-4-15(5-2,13-16)17(6-3)12-14-10-8-7-9-11-14/h14H,4-13,16H2,1-3H3. The van der Waals surface area contributed by atoms with Crippen molar-refractivity contribution in [2.24, 2.45) is 11.7 Å². The van der Waals surface area contributed by atoms with Crippen LogP contribution in [0, 0.1) is 5.92 Å². The van der Waals surface area contributed by atoms with Crippen LogP contribution in [0.4, 0.5) is 0 Å². The summed E-state index contributed by atoms with van der Waals surface area (Å²) in [5.74, 6) is 0.924. The molecule has 1 aliphatic rings. The molecule has 1 fully saturated rings. The van der Waals surface area contributed by atoms with E-state index in [0.717, 1.165) is 19.0 Å². The predicted molar refractivity (Wildman–Crippen MR) is 76.2 cm³/mol. The van der Waals surface area contributed by atoms with Crippen LogP contribution in [0.2, 0.25) is 0 Å². The van der Waals surface area contributed by atoms with Crippen LogP contribution in [0.1, 0.15) is 65.7 Å². The molecule has 1 rings (SSSR count). The highest BCUT2D eigenvalue weighted by molar-refractivity contribution is 4.90. The van der Waals surface area contributed by atoms with Crippen molar-refractivity contribution in [2.75, 3.05) is 19.6 Å². The Hall–Kier alpha value is -0.0800. The minimum atomic E-state index is 0.256. The highest BCUT2D eigenvalue weighted by Gasteiger charge is 2.32. The van der Waals surface area contributed by atoms with Gasteiger partial charge in [0, 0.05) is 18.6 Å². The maximum atomic E-state index is 6.07. The lowest BCUT2D eigenvalue weighted by Crippen LogP contribution is -2.54. The Morgan fingerprint density at radius 1 is 1.06 bits per heavy atom. The lowest BCUT2D eigenvalue weighted by Gasteiger charge is -2.44. The van der Waals surface area contributed by atoms with Gasteiger partial charge in [-0.1, -0.05) is 40.0 Å². The number of rotatable bonds is 7. The molecule has 0 saturated heterocycles. The van der Waals surface area contributed by atoms with Gasteiger partial charge in [-0.25, -0.2) is 0 Å². The summed E-state index contributed by atoms with van der Waals surface area (Å²) >= 11 is 0. The van der Waals surface area contributed by atoms with Gasteiger partial charge < -0.3 is 5.73 Å². The maximum Gasteiger partial charge on any atom is 0.0326 e. The third kappa shape index (κ3) is 3.69. The van der Waals surface area contributed by atoms with Crippen molar-refractivity contribution in [3.05, 3.63) is 0 Å². The van der Waals surface area contributed by atoms with Gasteiger partial charge in [0.2, 0.25) is 0 Å². The highest BCUT2D eigenvalue weighted by Crippen LogP contribution is 2.29. The number of hydrogen-bond donors (Lipinski definition) is 1. The SMILES string of the molecule is CCN(CC1CCCCC1)C(CC)(CC)CN. The normalized spacial score (nSPS) is 18.9. The Kier molecular flexibility index (Phi) is 6.50. The van der Waals surface area contributed by atoms with Crippen LogP contribution in [-0.4, -0.2) is 30.1 Å². The summed E-state index contributed by atoms with van der Waals surface area (Å²) in [6, 6.07) is 0. The summed E-state index contributed by atoms with van der Waals surface area (Å²) in [7, 11) is 0. The molecule has 102 valence electrons. The molecular weight excluding hydrogens is 208 g/mol. The fourth-order valence-electron chi connectivity index (χ4n) is 3.45. The van der Waals surface area contributed by atoms with Crippen molar-refractivity contribution in [2.45, 2.75) is 71.3 Å². The van der Waals surface area contributed by atoms with Gasteiger partial charge in [-0.15, -0.1) is 0 Å². The minimum Gasteiger partial charge on any atom is -0.329 e. The lowest BCUT2D eigenvalue weighted by molar-refractivity contribution is 0.0653. The zero-order valence-corrected chi connectivity index (χ0v) is 12.2. The molecule has 17 heavy (non-hydrogen) atoms. The van der Waals surface area contributed by atoms with Gasteiger partial charge in [0.15, 0.2) is 0 Å². The van der Waals surface area contributed by atoms with Crippen LogP contribution < -0.4 is 5.73 Å². The smallest absolute Gasteiger partial charge is 0.0326 e. The molecule has 0 atom stereocenters. The summed E-state index contributed by atoms with van der Waals surface area (Å²) in [6.45, 7) is 10.1. The molecule has 1 aliphatic carbocycles. The third-order valence-electron chi connectivity index (χ3n) is 4.95. The molecule has 2 N–H and O–H groups in total. The van der Waals surface area contributed by atoms with Gasteiger partial charge in [0.05, 0.1) is 0 Å². The largest absolute Gasteiger partial charge is 0.329 e. The van der Waals surface area contributed by atoms with Gasteiger partial charge in [0.25, 0.3) is 0 Å². The predicted octanol–water partition coefficient (Wildman–Crippen LogP) is 3.41. The third-order valence-corrected chi connectivity index (χ3v) is 4.95. The molecule has 2 nitrogen and oxygen atoms in total. The molecular formula is C15H32N2. The van der Waals surface area contributed by atoms with Crippen molar-refractivity contribution >= 4 is 0 Å². The molecule has 0 aromatic heterocycles. The van der Waals surface area contributed by atoms with E-state index in [1.165, 1.54) is 51.5 Å². The first-order chi connectivity index (χ1) is 8.22. The van der Waals surface area contributed by atoms with Crippen LogP contribution in [0.3, 0.4) is 0 Å². The molecule has 0 aromatic carbocycles. The quantitative estimate of drug-likeness (QED) is 0.739.